The summed E-state index contributed by atoms with van der Waals surface area (Å²) in [5, 5.41) is 2.13. The van der Waals surface area contributed by atoms with Crippen molar-refractivity contribution in [1.29, 1.82) is 0 Å². The number of anilines is 1. The van der Waals surface area contributed by atoms with E-state index in [0.717, 1.165) is 23.9 Å². The van der Waals surface area contributed by atoms with Crippen LogP contribution in [0.4, 0.5) is 5.69 Å². The van der Waals surface area contributed by atoms with Gasteiger partial charge >= 0.3 is 0 Å². The number of nitrogens with two attached hydrogens (primary N) is 1. The second-order valence-corrected chi connectivity index (χ2v) is 7.06. The Hall–Kier alpha value is -1.33. The van der Waals surface area contributed by atoms with Crippen LogP contribution in [0.1, 0.15) is 40.2 Å². The minimum Gasteiger partial charge on any atom is -0.398 e. The normalized spacial score (nSPS) is 17.6. The lowest BCUT2D eigenvalue weighted by atomic mass is 9.97. The molecule has 2 aromatic rings. The molecular weight excluding hydrogens is 348 g/mol. The standard InChI is InChI=1S/C16H17BrN2OS/c1-2-14-11-6-8-21-15(11)5-7-19(14)16(20)10-3-4-13(18)12(17)9-10/h3-4,6,8-9,14H,2,5,7,18H2,1H3. The molecule has 3 rings (SSSR count). The first kappa shape index (κ1) is 14.6. The molecule has 1 amide bonds. The first-order valence-electron chi connectivity index (χ1n) is 7.04. The number of benzene rings is 1. The molecule has 0 fully saturated rings. The van der Waals surface area contributed by atoms with Gasteiger partial charge in [-0.25, -0.2) is 0 Å². The number of hydrogen-bond acceptors (Lipinski definition) is 3. The van der Waals surface area contributed by atoms with Crippen LogP contribution in [-0.2, 0) is 6.42 Å². The van der Waals surface area contributed by atoms with E-state index in [2.05, 4.69) is 34.3 Å². The fraction of sp³-hybridized carbons (Fsp3) is 0.312. The zero-order chi connectivity index (χ0) is 15.0. The lowest BCUT2D eigenvalue weighted by Gasteiger charge is -2.35. The summed E-state index contributed by atoms with van der Waals surface area (Å²) in [5.41, 5.74) is 8.45. The second-order valence-electron chi connectivity index (χ2n) is 5.21. The second kappa shape index (κ2) is 5.81. The Balaban J connectivity index is 1.92. The van der Waals surface area contributed by atoms with Gasteiger partial charge in [0.25, 0.3) is 5.91 Å². The van der Waals surface area contributed by atoms with Crippen molar-refractivity contribution in [3.8, 4) is 0 Å². The third kappa shape index (κ3) is 2.60. The summed E-state index contributed by atoms with van der Waals surface area (Å²) in [6.07, 6.45) is 1.89. The van der Waals surface area contributed by atoms with Crippen LogP contribution in [0.25, 0.3) is 0 Å². The molecule has 5 heteroatoms. The highest BCUT2D eigenvalue weighted by Gasteiger charge is 2.30. The Morgan fingerprint density at radius 1 is 1.48 bits per heavy atom. The third-order valence-electron chi connectivity index (χ3n) is 3.99. The van der Waals surface area contributed by atoms with Gasteiger partial charge in [0.05, 0.1) is 6.04 Å². The largest absolute Gasteiger partial charge is 0.398 e. The molecule has 1 aromatic heterocycles. The van der Waals surface area contributed by atoms with Crippen LogP contribution in [0.3, 0.4) is 0 Å². The van der Waals surface area contributed by atoms with E-state index in [-0.39, 0.29) is 11.9 Å². The summed E-state index contributed by atoms with van der Waals surface area (Å²) >= 11 is 5.19. The molecule has 21 heavy (non-hydrogen) atoms. The number of nitrogens with zero attached hydrogens (tertiary/aromatic N) is 1. The Morgan fingerprint density at radius 3 is 3.00 bits per heavy atom. The fourth-order valence-electron chi connectivity index (χ4n) is 2.91. The van der Waals surface area contributed by atoms with Crippen LogP contribution in [0.2, 0.25) is 0 Å². The SMILES string of the molecule is CCC1c2ccsc2CCN1C(=O)c1ccc(N)c(Br)c1. The summed E-state index contributed by atoms with van der Waals surface area (Å²) < 4.78 is 0.773. The number of fused-ring (bicyclic) bond motifs is 1. The van der Waals surface area contributed by atoms with Crippen LogP contribution in [0.15, 0.2) is 34.1 Å². The molecule has 110 valence electrons. The van der Waals surface area contributed by atoms with Crippen LogP contribution in [0.5, 0.6) is 0 Å². The van der Waals surface area contributed by atoms with Gasteiger partial charge in [0.1, 0.15) is 0 Å². The molecule has 2 heterocycles. The zero-order valence-corrected chi connectivity index (χ0v) is 14.2. The van der Waals surface area contributed by atoms with Gasteiger partial charge in [0, 0.05) is 27.1 Å². The minimum atomic E-state index is 0.0828. The highest BCUT2D eigenvalue weighted by molar-refractivity contribution is 9.10. The molecular formula is C16H17BrN2OS. The number of carbonyl (C=O) groups is 1. The Kier molecular flexibility index (Phi) is 4.04. The Morgan fingerprint density at radius 2 is 2.29 bits per heavy atom. The van der Waals surface area contributed by atoms with Gasteiger partial charge in [-0.1, -0.05) is 6.92 Å². The van der Waals surface area contributed by atoms with Gasteiger partial charge in [-0.2, -0.15) is 0 Å². The molecule has 0 bridgehead atoms. The van der Waals surface area contributed by atoms with Gasteiger partial charge in [-0.3, -0.25) is 4.79 Å². The van der Waals surface area contributed by atoms with E-state index < -0.39 is 0 Å². The summed E-state index contributed by atoms with van der Waals surface area (Å²) in [4.78, 5) is 16.2. The van der Waals surface area contributed by atoms with E-state index in [1.54, 1.807) is 23.5 Å². The average molecular weight is 365 g/mol. The van der Waals surface area contributed by atoms with E-state index in [1.165, 1.54) is 10.4 Å². The van der Waals surface area contributed by atoms with Crippen molar-refractivity contribution in [3.63, 3.8) is 0 Å². The molecule has 0 radical (unpaired) electrons. The van der Waals surface area contributed by atoms with E-state index in [1.807, 2.05) is 11.0 Å². The van der Waals surface area contributed by atoms with Crippen molar-refractivity contribution in [1.82, 2.24) is 4.90 Å². The maximum absolute atomic E-state index is 12.8. The topological polar surface area (TPSA) is 46.3 Å². The molecule has 1 atom stereocenters. The summed E-state index contributed by atoms with van der Waals surface area (Å²) in [5.74, 6) is 0.0828. The van der Waals surface area contributed by atoms with Crippen LogP contribution in [-0.4, -0.2) is 17.4 Å². The summed E-state index contributed by atoms with van der Waals surface area (Å²) in [6.45, 7) is 2.92. The highest BCUT2D eigenvalue weighted by atomic mass is 79.9. The van der Waals surface area contributed by atoms with Crippen LogP contribution in [0, 0.1) is 0 Å². The number of rotatable bonds is 2. The van der Waals surface area contributed by atoms with E-state index in [9.17, 15) is 4.79 Å². The smallest absolute Gasteiger partial charge is 0.254 e. The number of nitrogen functional groups attached to an aromatic ring is 1. The molecule has 2 N–H and O–H groups in total. The van der Waals surface area contributed by atoms with E-state index >= 15 is 0 Å². The number of halogens is 1. The van der Waals surface area contributed by atoms with Crippen molar-refractivity contribution in [2.45, 2.75) is 25.8 Å². The first-order valence-corrected chi connectivity index (χ1v) is 8.71. The molecule has 0 spiro atoms. The Labute approximate surface area is 136 Å². The van der Waals surface area contributed by atoms with Crippen LogP contribution >= 0.6 is 27.3 Å². The molecule has 1 unspecified atom stereocenters. The van der Waals surface area contributed by atoms with Crippen molar-refractivity contribution in [2.75, 3.05) is 12.3 Å². The number of hydrogen-bond donors (Lipinski definition) is 1. The number of thiophene rings is 1. The van der Waals surface area contributed by atoms with Crippen molar-refractivity contribution >= 4 is 38.9 Å². The lowest BCUT2D eigenvalue weighted by molar-refractivity contribution is 0.0657. The van der Waals surface area contributed by atoms with Gasteiger partial charge in [0.15, 0.2) is 0 Å². The monoisotopic (exact) mass is 364 g/mol. The molecule has 1 aromatic carbocycles. The quantitative estimate of drug-likeness (QED) is 0.809. The predicted octanol–water partition coefficient (Wildman–Crippen LogP) is 4.24. The van der Waals surface area contributed by atoms with Gasteiger partial charge in [-0.15, -0.1) is 11.3 Å². The maximum atomic E-state index is 12.8. The minimum absolute atomic E-state index is 0.0828. The van der Waals surface area contributed by atoms with Gasteiger partial charge < -0.3 is 10.6 Å². The van der Waals surface area contributed by atoms with Crippen molar-refractivity contribution in [3.05, 3.63) is 50.1 Å². The number of carbonyl (C=O) groups excluding carboxylic acids is 1. The molecule has 0 saturated heterocycles. The third-order valence-corrected chi connectivity index (χ3v) is 5.67. The Bertz CT molecular complexity index is 683. The lowest BCUT2D eigenvalue weighted by Crippen LogP contribution is -2.39. The summed E-state index contributed by atoms with van der Waals surface area (Å²) in [6, 6.07) is 7.74. The zero-order valence-electron chi connectivity index (χ0n) is 11.8. The number of amides is 1. The summed E-state index contributed by atoms with van der Waals surface area (Å²) in [7, 11) is 0. The molecule has 1 aliphatic rings. The van der Waals surface area contributed by atoms with Crippen molar-refractivity contribution < 1.29 is 4.79 Å². The average Bonchev–Trinajstić information content (AvgIpc) is 2.96. The van der Waals surface area contributed by atoms with E-state index in [0.29, 0.717) is 11.3 Å². The molecule has 3 nitrogen and oxygen atoms in total. The molecule has 1 aliphatic heterocycles. The van der Waals surface area contributed by atoms with Gasteiger partial charge in [0.2, 0.25) is 0 Å². The molecule has 0 saturated carbocycles. The first-order chi connectivity index (χ1) is 10.1. The maximum Gasteiger partial charge on any atom is 0.254 e. The fourth-order valence-corrected chi connectivity index (χ4v) is 4.21. The van der Waals surface area contributed by atoms with Crippen LogP contribution < -0.4 is 5.73 Å². The van der Waals surface area contributed by atoms with Gasteiger partial charge in [-0.05, 0) is 64.0 Å². The highest BCUT2D eigenvalue weighted by Crippen LogP contribution is 2.36. The molecule has 0 aliphatic carbocycles. The van der Waals surface area contributed by atoms with E-state index in [4.69, 9.17) is 5.73 Å². The predicted molar refractivity (Wildman–Crippen MR) is 90.6 cm³/mol. The van der Waals surface area contributed by atoms with Crippen molar-refractivity contribution in [2.24, 2.45) is 0 Å².